The van der Waals surface area contributed by atoms with E-state index in [1.807, 2.05) is 0 Å². The first kappa shape index (κ1) is 31.6. The van der Waals surface area contributed by atoms with Gasteiger partial charge in [0.1, 0.15) is 0 Å². The summed E-state index contributed by atoms with van der Waals surface area (Å²) in [4.78, 5) is 0. The van der Waals surface area contributed by atoms with Crippen LogP contribution in [0.25, 0.3) is 0 Å². The molecule has 2 aromatic rings. The molecule has 0 unspecified atom stereocenters. The zero-order valence-electron chi connectivity index (χ0n) is 22.6. The topological polar surface area (TPSA) is 0 Å². The normalized spacial score (nSPS) is 12.6. The van der Waals surface area contributed by atoms with Crippen molar-refractivity contribution in [1.29, 1.82) is 0 Å². The van der Waals surface area contributed by atoms with Crippen molar-refractivity contribution in [3.8, 4) is 0 Å². The van der Waals surface area contributed by atoms with Gasteiger partial charge in [-0.05, 0) is 0 Å². The molecule has 0 radical (unpaired) electrons. The Kier molecular flexibility index (Phi) is 16.7. The van der Waals surface area contributed by atoms with E-state index in [-0.39, 0.29) is 24.0 Å². The molecule has 34 heavy (non-hydrogen) atoms. The Balaban J connectivity index is 0.00000578. The van der Waals surface area contributed by atoms with E-state index >= 15 is 0 Å². The van der Waals surface area contributed by atoms with E-state index < -0.39 is 6.60 Å². The number of hydrogen-bond donors (Lipinski definition) is 0. The Morgan fingerprint density at radius 1 is 0.471 bits per heavy atom. The van der Waals surface area contributed by atoms with E-state index in [0.717, 1.165) is 0 Å². The summed E-state index contributed by atoms with van der Waals surface area (Å²) in [5, 5.41) is 0. The van der Waals surface area contributed by atoms with Crippen molar-refractivity contribution in [3.05, 3.63) is 71.8 Å². The first-order valence-corrected chi connectivity index (χ1v) is 17.8. The predicted octanol–water partition coefficient (Wildman–Crippen LogP) is 11.3. The molecular formula is C32H54IP. The van der Waals surface area contributed by atoms with Crippen LogP contribution < -0.4 is 0 Å². The van der Waals surface area contributed by atoms with E-state index in [1.54, 1.807) is 0 Å². The zero-order valence-corrected chi connectivity index (χ0v) is 25.9. The van der Waals surface area contributed by atoms with E-state index in [1.165, 1.54) is 120 Å². The Morgan fingerprint density at radius 2 is 0.794 bits per heavy atom. The molecule has 0 bridgehead atoms. The van der Waals surface area contributed by atoms with Gasteiger partial charge < -0.3 is 0 Å². The fourth-order valence-corrected chi connectivity index (χ4v) is 10.1. The van der Waals surface area contributed by atoms with Crippen molar-refractivity contribution < 1.29 is 0 Å². The van der Waals surface area contributed by atoms with E-state index in [4.69, 9.17) is 0 Å². The Bertz CT molecular complexity index is 680. The second-order valence-electron chi connectivity index (χ2n) is 11.6. The van der Waals surface area contributed by atoms with Crippen LogP contribution in [0.3, 0.4) is 0 Å². The van der Waals surface area contributed by atoms with Crippen LogP contribution in [-0.4, -0.2) is 19.5 Å². The molecule has 2 rings (SSSR count). The molecule has 0 aromatic heterocycles. The first-order chi connectivity index (χ1) is 16.0. The van der Waals surface area contributed by atoms with Gasteiger partial charge >= 0.3 is 181 Å². The van der Waals surface area contributed by atoms with Gasteiger partial charge in [-0.15, -0.1) is 24.0 Å². The largest absolute Gasteiger partial charge is 0.107 e. The summed E-state index contributed by atoms with van der Waals surface area (Å²) < 4.78 is 0. The fraction of sp³-hybridized carbons (Fsp3) is 0.625. The van der Waals surface area contributed by atoms with Crippen LogP contribution in [0.5, 0.6) is 0 Å². The molecule has 0 spiro atoms. The summed E-state index contributed by atoms with van der Waals surface area (Å²) >= 11 is 0. The van der Waals surface area contributed by atoms with Crippen LogP contribution in [0.15, 0.2) is 60.7 Å². The minimum absolute atomic E-state index is 0. The first-order valence-electron chi connectivity index (χ1n) is 14.1. The van der Waals surface area contributed by atoms with Crippen molar-refractivity contribution in [2.24, 2.45) is 0 Å². The minimum Gasteiger partial charge on any atom is -0.107 e. The van der Waals surface area contributed by atoms with Crippen molar-refractivity contribution in [3.63, 3.8) is 0 Å². The molecule has 2 aromatic carbocycles. The van der Waals surface area contributed by atoms with Crippen molar-refractivity contribution in [2.45, 2.75) is 109 Å². The zero-order chi connectivity index (χ0) is 23.7. The summed E-state index contributed by atoms with van der Waals surface area (Å²) in [6.45, 7) is 5.80. The van der Waals surface area contributed by atoms with Crippen molar-refractivity contribution >= 4 is 30.6 Å². The average Bonchev–Trinajstić information content (AvgIpc) is 2.80. The van der Waals surface area contributed by atoms with Gasteiger partial charge in [0.15, 0.2) is 0 Å². The van der Waals surface area contributed by atoms with Gasteiger partial charge in [-0.25, -0.2) is 0 Å². The standard InChI is InChI=1S/C32H53P.HI/c1-4-5-6-7-8-9-10-11-12-13-14-15-16-23-28-33(2,3,29-31-24-19-17-20-25-31)30-32-26-21-18-22-27-32;/h17-22,24-27H,4-16,23,28-30H2,1-3H3;1H. The molecule has 0 nitrogen and oxygen atoms in total. The summed E-state index contributed by atoms with van der Waals surface area (Å²) in [5.74, 6) is 0. The Morgan fingerprint density at radius 3 is 1.15 bits per heavy atom. The van der Waals surface area contributed by atoms with E-state index in [0.29, 0.717) is 0 Å². The van der Waals surface area contributed by atoms with Gasteiger partial charge in [0, 0.05) is 0 Å². The number of halogens is 1. The molecule has 0 N–H and O–H groups in total. The molecule has 2 heteroatoms. The Hall–Kier alpha value is -0.400. The van der Waals surface area contributed by atoms with Crippen LogP contribution in [0.4, 0.5) is 0 Å². The maximum absolute atomic E-state index is 2.66. The molecule has 0 saturated heterocycles. The summed E-state index contributed by atoms with van der Waals surface area (Å²) in [7, 11) is 0. The van der Waals surface area contributed by atoms with Gasteiger partial charge in [-0.2, -0.15) is 0 Å². The fourth-order valence-electron chi connectivity index (χ4n) is 5.47. The molecule has 0 amide bonds. The smallest absolute Gasteiger partial charge is 0.107 e. The van der Waals surface area contributed by atoms with Gasteiger partial charge in [0.2, 0.25) is 0 Å². The second kappa shape index (κ2) is 17.9. The van der Waals surface area contributed by atoms with Gasteiger partial charge in [0.25, 0.3) is 0 Å². The average molecular weight is 597 g/mol. The second-order valence-corrected chi connectivity index (χ2v) is 18.7. The van der Waals surface area contributed by atoms with Crippen LogP contribution in [0.2, 0.25) is 0 Å². The van der Waals surface area contributed by atoms with Gasteiger partial charge in [-0.1, -0.05) is 26.2 Å². The van der Waals surface area contributed by atoms with E-state index in [2.05, 4.69) is 80.9 Å². The summed E-state index contributed by atoms with van der Waals surface area (Å²) in [6.07, 6.45) is 24.1. The molecule has 0 aliphatic rings. The monoisotopic (exact) mass is 596 g/mol. The predicted molar refractivity (Wildman–Crippen MR) is 170 cm³/mol. The number of unbranched alkanes of at least 4 members (excludes halogenated alkanes) is 13. The molecular weight excluding hydrogens is 542 g/mol. The third-order valence-electron chi connectivity index (χ3n) is 7.41. The van der Waals surface area contributed by atoms with Crippen LogP contribution in [0, 0.1) is 0 Å². The molecule has 0 atom stereocenters. The van der Waals surface area contributed by atoms with Crippen LogP contribution in [-0.2, 0) is 12.3 Å². The maximum atomic E-state index is 2.66. The molecule has 0 saturated carbocycles. The quantitative estimate of drug-likeness (QED) is 0.0860. The van der Waals surface area contributed by atoms with E-state index in [9.17, 15) is 0 Å². The summed E-state index contributed by atoms with van der Waals surface area (Å²) in [6, 6.07) is 22.5. The number of hydrogen-bond acceptors (Lipinski definition) is 0. The van der Waals surface area contributed by atoms with Crippen molar-refractivity contribution in [1.82, 2.24) is 0 Å². The van der Waals surface area contributed by atoms with Crippen molar-refractivity contribution in [2.75, 3.05) is 19.5 Å². The Labute approximate surface area is 230 Å². The number of rotatable bonds is 19. The summed E-state index contributed by atoms with van der Waals surface area (Å²) in [5.41, 5.74) is 3.06. The van der Waals surface area contributed by atoms with Gasteiger partial charge in [-0.3, -0.25) is 0 Å². The SMILES string of the molecule is CCCCCCCCCCCCCCCCP(C)(C)(Cc1ccccc1)Cc1ccccc1.I. The molecule has 194 valence electrons. The number of benzene rings is 2. The third-order valence-corrected chi connectivity index (χ3v) is 12.1. The maximum Gasteiger partial charge on any atom is -0.107 e. The minimum atomic E-state index is -1.82. The molecule has 0 aliphatic heterocycles. The van der Waals surface area contributed by atoms with Crippen LogP contribution in [0.1, 0.15) is 108 Å². The van der Waals surface area contributed by atoms with Gasteiger partial charge in [0.05, 0.1) is 0 Å². The molecule has 0 heterocycles. The molecule has 0 aliphatic carbocycles. The van der Waals surface area contributed by atoms with Crippen LogP contribution >= 0.6 is 30.6 Å². The third kappa shape index (κ3) is 14.2. The molecule has 0 fully saturated rings.